The van der Waals surface area contributed by atoms with Gasteiger partial charge in [0.2, 0.25) is 5.82 Å². The second-order valence-electron chi connectivity index (χ2n) is 5.39. The molecule has 0 aliphatic carbocycles. The van der Waals surface area contributed by atoms with E-state index in [0.717, 1.165) is 5.56 Å². The average Bonchev–Trinajstić information content (AvgIpc) is 3.32. The maximum absolute atomic E-state index is 12.5. The Morgan fingerprint density at radius 2 is 1.81 bits per heavy atom. The Balaban J connectivity index is 1.61. The largest absolute Gasteiger partial charge is 0.333 e. The van der Waals surface area contributed by atoms with Gasteiger partial charge in [0.25, 0.3) is 11.8 Å². The Morgan fingerprint density at radius 1 is 1.04 bits per heavy atom. The van der Waals surface area contributed by atoms with Gasteiger partial charge in [-0.1, -0.05) is 59.2 Å². The van der Waals surface area contributed by atoms with E-state index in [9.17, 15) is 4.79 Å². The monoisotopic (exact) mass is 381 g/mol. The number of carbonyl (C=O) groups is 1. The minimum atomic E-state index is -0.293. The molecule has 0 saturated heterocycles. The van der Waals surface area contributed by atoms with E-state index >= 15 is 0 Å². The number of aromatic nitrogens is 2. The maximum atomic E-state index is 12.5. The van der Waals surface area contributed by atoms with Gasteiger partial charge in [0.15, 0.2) is 0 Å². The molecule has 7 heteroatoms. The van der Waals surface area contributed by atoms with Crippen LogP contribution >= 0.6 is 22.9 Å². The van der Waals surface area contributed by atoms with Gasteiger partial charge in [-0.05, 0) is 23.6 Å². The Hall–Kier alpha value is -2.96. The highest BCUT2D eigenvalue weighted by molar-refractivity contribution is 7.14. The predicted octanol–water partition coefficient (Wildman–Crippen LogP) is 5.37. The topological polar surface area (TPSA) is 68.0 Å². The smallest absolute Gasteiger partial charge is 0.270 e. The molecule has 0 fully saturated rings. The van der Waals surface area contributed by atoms with Crippen molar-refractivity contribution >= 4 is 34.5 Å². The van der Waals surface area contributed by atoms with Crippen molar-refractivity contribution in [3.8, 4) is 22.2 Å². The zero-order valence-electron chi connectivity index (χ0n) is 13.3. The van der Waals surface area contributed by atoms with E-state index in [-0.39, 0.29) is 5.91 Å². The highest BCUT2D eigenvalue weighted by Crippen LogP contribution is 2.34. The summed E-state index contributed by atoms with van der Waals surface area (Å²) >= 11 is 7.50. The summed E-state index contributed by atoms with van der Waals surface area (Å²) in [5.41, 5.74) is 1.87. The SMILES string of the molecule is O=C(Nc1ccsc1-c1nc(-c2ccccc2)no1)c1ccccc1Cl. The molecule has 2 aromatic carbocycles. The van der Waals surface area contributed by atoms with Crippen LogP contribution in [0.15, 0.2) is 70.6 Å². The lowest BCUT2D eigenvalue weighted by atomic mass is 10.2. The lowest BCUT2D eigenvalue weighted by molar-refractivity contribution is 0.102. The van der Waals surface area contributed by atoms with E-state index in [0.29, 0.717) is 32.9 Å². The normalized spacial score (nSPS) is 10.7. The quantitative estimate of drug-likeness (QED) is 0.516. The van der Waals surface area contributed by atoms with Gasteiger partial charge < -0.3 is 9.84 Å². The van der Waals surface area contributed by atoms with Gasteiger partial charge in [-0.25, -0.2) is 0 Å². The summed E-state index contributed by atoms with van der Waals surface area (Å²) in [5.74, 6) is 0.559. The Morgan fingerprint density at radius 3 is 2.62 bits per heavy atom. The highest BCUT2D eigenvalue weighted by Gasteiger charge is 2.18. The van der Waals surface area contributed by atoms with Gasteiger partial charge in [0.1, 0.15) is 4.88 Å². The van der Waals surface area contributed by atoms with Crippen LogP contribution in [0.3, 0.4) is 0 Å². The zero-order chi connectivity index (χ0) is 17.9. The number of benzene rings is 2. The van der Waals surface area contributed by atoms with Crippen LogP contribution in [0, 0.1) is 0 Å². The molecule has 0 spiro atoms. The maximum Gasteiger partial charge on any atom is 0.270 e. The van der Waals surface area contributed by atoms with Crippen molar-refractivity contribution in [2.45, 2.75) is 0 Å². The van der Waals surface area contributed by atoms with Crippen molar-refractivity contribution in [1.29, 1.82) is 0 Å². The molecule has 0 aliphatic rings. The summed E-state index contributed by atoms with van der Waals surface area (Å²) in [6, 6.07) is 18.2. The van der Waals surface area contributed by atoms with Crippen LogP contribution in [0.4, 0.5) is 5.69 Å². The van der Waals surface area contributed by atoms with E-state index < -0.39 is 0 Å². The summed E-state index contributed by atoms with van der Waals surface area (Å²) < 4.78 is 5.39. The first kappa shape index (κ1) is 16.5. The van der Waals surface area contributed by atoms with Crippen LogP contribution < -0.4 is 5.32 Å². The summed E-state index contributed by atoms with van der Waals surface area (Å²) in [4.78, 5) is 17.6. The minimum absolute atomic E-state index is 0.293. The molecular formula is C19H12ClN3O2S. The number of hydrogen-bond acceptors (Lipinski definition) is 5. The lowest BCUT2D eigenvalue weighted by Crippen LogP contribution is -2.12. The first-order valence-corrected chi connectivity index (χ1v) is 9.01. The molecule has 5 nitrogen and oxygen atoms in total. The van der Waals surface area contributed by atoms with Gasteiger partial charge in [0.05, 0.1) is 16.3 Å². The Bertz CT molecular complexity index is 1060. The minimum Gasteiger partial charge on any atom is -0.333 e. The predicted molar refractivity (Wildman–Crippen MR) is 102 cm³/mol. The number of amides is 1. The summed E-state index contributed by atoms with van der Waals surface area (Å²) in [6.45, 7) is 0. The van der Waals surface area contributed by atoms with E-state index in [1.165, 1.54) is 11.3 Å². The van der Waals surface area contributed by atoms with E-state index in [1.807, 2.05) is 35.7 Å². The van der Waals surface area contributed by atoms with Gasteiger partial charge in [0, 0.05) is 5.56 Å². The number of nitrogens with one attached hydrogen (secondary N) is 1. The van der Waals surface area contributed by atoms with Crippen molar-refractivity contribution in [3.63, 3.8) is 0 Å². The van der Waals surface area contributed by atoms with E-state index in [4.69, 9.17) is 16.1 Å². The van der Waals surface area contributed by atoms with Gasteiger partial charge in [-0.3, -0.25) is 4.79 Å². The molecule has 4 aromatic rings. The molecule has 2 heterocycles. The van der Waals surface area contributed by atoms with Crippen LogP contribution in [0.1, 0.15) is 10.4 Å². The van der Waals surface area contributed by atoms with Crippen LogP contribution in [0.25, 0.3) is 22.2 Å². The molecule has 1 N–H and O–H groups in total. The third-order valence-electron chi connectivity index (χ3n) is 3.68. The summed E-state index contributed by atoms with van der Waals surface area (Å²) in [7, 11) is 0. The Labute approximate surface area is 158 Å². The van der Waals surface area contributed by atoms with Gasteiger partial charge in [-0.2, -0.15) is 4.98 Å². The molecule has 128 valence electrons. The van der Waals surface area contributed by atoms with Crippen molar-refractivity contribution in [3.05, 3.63) is 76.6 Å². The molecule has 0 bridgehead atoms. The van der Waals surface area contributed by atoms with Crippen molar-refractivity contribution in [2.75, 3.05) is 5.32 Å². The molecular weight excluding hydrogens is 370 g/mol. The fourth-order valence-electron chi connectivity index (χ4n) is 2.43. The number of anilines is 1. The fourth-order valence-corrected chi connectivity index (χ4v) is 3.42. The number of halogens is 1. The number of rotatable bonds is 4. The number of hydrogen-bond donors (Lipinski definition) is 1. The van der Waals surface area contributed by atoms with Crippen LogP contribution in [0.2, 0.25) is 5.02 Å². The second kappa shape index (κ2) is 7.11. The van der Waals surface area contributed by atoms with Crippen molar-refractivity contribution < 1.29 is 9.32 Å². The number of carbonyl (C=O) groups excluding carboxylic acids is 1. The molecule has 0 saturated carbocycles. The lowest BCUT2D eigenvalue weighted by Gasteiger charge is -2.06. The molecule has 4 rings (SSSR count). The third-order valence-corrected chi connectivity index (χ3v) is 4.92. The first-order valence-electron chi connectivity index (χ1n) is 7.75. The van der Waals surface area contributed by atoms with Crippen molar-refractivity contribution in [2.24, 2.45) is 0 Å². The average molecular weight is 382 g/mol. The Kier molecular flexibility index (Phi) is 4.51. The zero-order valence-corrected chi connectivity index (χ0v) is 14.9. The third kappa shape index (κ3) is 3.24. The molecule has 2 aromatic heterocycles. The van der Waals surface area contributed by atoms with E-state index in [1.54, 1.807) is 30.3 Å². The number of thiophene rings is 1. The fraction of sp³-hybridized carbons (Fsp3) is 0. The van der Waals surface area contributed by atoms with Gasteiger partial charge >= 0.3 is 0 Å². The summed E-state index contributed by atoms with van der Waals surface area (Å²) in [6.07, 6.45) is 0. The summed E-state index contributed by atoms with van der Waals surface area (Å²) in [5, 5.41) is 9.12. The van der Waals surface area contributed by atoms with Crippen molar-refractivity contribution in [1.82, 2.24) is 10.1 Å². The standard InChI is InChI=1S/C19H12ClN3O2S/c20-14-9-5-4-8-13(14)18(24)21-15-10-11-26-16(15)19-22-17(23-25-19)12-6-2-1-3-7-12/h1-11H,(H,21,24). The second-order valence-corrected chi connectivity index (χ2v) is 6.71. The highest BCUT2D eigenvalue weighted by atomic mass is 35.5. The number of nitrogens with zero attached hydrogens (tertiary/aromatic N) is 2. The van der Waals surface area contributed by atoms with Crippen LogP contribution in [-0.2, 0) is 0 Å². The molecule has 0 radical (unpaired) electrons. The first-order chi connectivity index (χ1) is 12.7. The molecule has 0 aliphatic heterocycles. The molecule has 26 heavy (non-hydrogen) atoms. The van der Waals surface area contributed by atoms with Crippen LogP contribution in [-0.4, -0.2) is 16.0 Å². The molecule has 1 amide bonds. The van der Waals surface area contributed by atoms with Crippen LogP contribution in [0.5, 0.6) is 0 Å². The molecule has 0 atom stereocenters. The van der Waals surface area contributed by atoms with E-state index in [2.05, 4.69) is 15.5 Å². The molecule has 0 unspecified atom stereocenters. The van der Waals surface area contributed by atoms with Gasteiger partial charge in [-0.15, -0.1) is 11.3 Å².